The number of hydrogen-bond donors (Lipinski definition) is 1. The molecule has 2 aromatic rings. The van der Waals surface area contributed by atoms with E-state index in [1.807, 2.05) is 18.2 Å². The van der Waals surface area contributed by atoms with Gasteiger partial charge in [-0.3, -0.25) is 15.1 Å². The number of likely N-dealkylation sites (tertiary alicyclic amines) is 1. The molecule has 2 heterocycles. The average Bonchev–Trinajstić information content (AvgIpc) is 3.11. The molecule has 1 aromatic carbocycles. The zero-order valence-electron chi connectivity index (χ0n) is 11.1. The van der Waals surface area contributed by atoms with Crippen LogP contribution in [0.1, 0.15) is 12.0 Å². The highest BCUT2D eigenvalue weighted by atomic mass is 16.2. The molecule has 0 aliphatic carbocycles. The Hall–Kier alpha value is -2.21. The van der Waals surface area contributed by atoms with E-state index in [1.165, 1.54) is 22.9 Å². The van der Waals surface area contributed by atoms with Gasteiger partial charge in [0.05, 0.1) is 5.92 Å². The molecule has 3 rings (SSSR count). The Morgan fingerprint density at radius 1 is 1.25 bits per heavy atom. The molecule has 104 valence electrons. The van der Waals surface area contributed by atoms with Crippen LogP contribution in [-0.2, 0) is 11.3 Å². The van der Waals surface area contributed by atoms with Gasteiger partial charge in [0.2, 0.25) is 5.91 Å². The van der Waals surface area contributed by atoms with Crippen molar-refractivity contribution in [2.24, 2.45) is 5.92 Å². The predicted molar refractivity (Wildman–Crippen MR) is 74.2 cm³/mol. The number of rotatable bonds is 4. The van der Waals surface area contributed by atoms with E-state index in [0.29, 0.717) is 0 Å². The van der Waals surface area contributed by atoms with Crippen molar-refractivity contribution in [3.05, 3.63) is 48.5 Å². The number of hydrogen-bond acceptors (Lipinski definition) is 4. The zero-order valence-corrected chi connectivity index (χ0v) is 11.1. The first-order chi connectivity index (χ1) is 9.81. The van der Waals surface area contributed by atoms with Crippen LogP contribution in [0.5, 0.6) is 0 Å². The van der Waals surface area contributed by atoms with E-state index >= 15 is 0 Å². The van der Waals surface area contributed by atoms with Gasteiger partial charge in [0.1, 0.15) is 12.7 Å². The van der Waals surface area contributed by atoms with E-state index in [0.717, 1.165) is 26.1 Å². The Labute approximate surface area is 117 Å². The summed E-state index contributed by atoms with van der Waals surface area (Å²) in [6.45, 7) is 2.65. The maximum Gasteiger partial charge on any atom is 0.243 e. The van der Waals surface area contributed by atoms with Crippen LogP contribution in [0.25, 0.3) is 0 Å². The van der Waals surface area contributed by atoms with E-state index in [1.54, 1.807) is 0 Å². The highest BCUT2D eigenvalue weighted by molar-refractivity contribution is 5.86. The topological polar surface area (TPSA) is 63.1 Å². The summed E-state index contributed by atoms with van der Waals surface area (Å²) in [5.41, 5.74) is 4.06. The van der Waals surface area contributed by atoms with Gasteiger partial charge >= 0.3 is 0 Å². The molecule has 1 saturated heterocycles. The molecule has 0 saturated carbocycles. The number of carbonyl (C=O) groups excluding carboxylic acids is 1. The minimum absolute atomic E-state index is 0.0281. The van der Waals surface area contributed by atoms with Crippen molar-refractivity contribution in [2.45, 2.75) is 13.0 Å². The Balaban J connectivity index is 1.53. The second kappa shape index (κ2) is 5.83. The van der Waals surface area contributed by atoms with Crippen LogP contribution in [0.15, 0.2) is 43.0 Å². The molecule has 1 amide bonds. The summed E-state index contributed by atoms with van der Waals surface area (Å²) in [5.74, 6) is 0.0569. The lowest BCUT2D eigenvalue weighted by molar-refractivity contribution is -0.120. The van der Waals surface area contributed by atoms with Crippen molar-refractivity contribution in [2.75, 3.05) is 18.5 Å². The molecule has 0 spiro atoms. The van der Waals surface area contributed by atoms with E-state index in [4.69, 9.17) is 0 Å². The summed E-state index contributed by atoms with van der Waals surface area (Å²) in [6.07, 6.45) is 3.85. The number of carbonyl (C=O) groups is 1. The van der Waals surface area contributed by atoms with Gasteiger partial charge in [0.15, 0.2) is 0 Å². The number of amides is 1. The summed E-state index contributed by atoms with van der Waals surface area (Å²) < 4.78 is 1.49. The number of nitrogens with zero attached hydrogens (tertiary/aromatic N) is 4. The summed E-state index contributed by atoms with van der Waals surface area (Å²) in [6, 6.07) is 10.3. The molecule has 6 nitrogen and oxygen atoms in total. The van der Waals surface area contributed by atoms with Gasteiger partial charge in [-0.05, 0) is 18.5 Å². The van der Waals surface area contributed by atoms with Crippen molar-refractivity contribution < 1.29 is 4.79 Å². The highest BCUT2D eigenvalue weighted by Gasteiger charge is 2.28. The molecule has 1 aliphatic rings. The smallest absolute Gasteiger partial charge is 0.243 e. The molecule has 6 heteroatoms. The maximum absolute atomic E-state index is 12.1. The third-order valence-corrected chi connectivity index (χ3v) is 3.55. The van der Waals surface area contributed by atoms with Crippen molar-refractivity contribution in [1.82, 2.24) is 19.8 Å². The van der Waals surface area contributed by atoms with E-state index in [2.05, 4.69) is 32.7 Å². The molecular formula is C14H17N5O. The van der Waals surface area contributed by atoms with Crippen molar-refractivity contribution >= 4 is 5.91 Å². The highest BCUT2D eigenvalue weighted by Crippen LogP contribution is 2.19. The average molecular weight is 271 g/mol. The lowest BCUT2D eigenvalue weighted by atomic mass is 10.1. The molecule has 1 aliphatic heterocycles. The second-order valence-electron chi connectivity index (χ2n) is 5.05. The Morgan fingerprint density at radius 3 is 2.75 bits per heavy atom. The largest absolute Gasteiger partial charge is 0.298 e. The molecule has 1 fully saturated rings. The third kappa shape index (κ3) is 3.03. The first-order valence-electron chi connectivity index (χ1n) is 6.73. The first-order valence-corrected chi connectivity index (χ1v) is 6.73. The second-order valence-corrected chi connectivity index (χ2v) is 5.05. The van der Waals surface area contributed by atoms with Crippen molar-refractivity contribution in [3.8, 4) is 0 Å². The minimum atomic E-state index is 0.0281. The van der Waals surface area contributed by atoms with Crippen LogP contribution in [0.4, 0.5) is 0 Å². The third-order valence-electron chi connectivity index (χ3n) is 3.55. The fourth-order valence-corrected chi connectivity index (χ4v) is 2.51. The van der Waals surface area contributed by atoms with Crippen molar-refractivity contribution in [1.29, 1.82) is 0 Å². The summed E-state index contributed by atoms with van der Waals surface area (Å²) in [5, 5.41) is 7.32. The lowest BCUT2D eigenvalue weighted by Gasteiger charge is -2.16. The van der Waals surface area contributed by atoms with Crippen LogP contribution in [-0.4, -0.2) is 38.8 Å². The monoisotopic (exact) mass is 271 g/mol. The predicted octanol–water partition coefficient (Wildman–Crippen LogP) is 0.870. The molecule has 20 heavy (non-hydrogen) atoms. The molecular weight excluding hydrogens is 254 g/mol. The van der Waals surface area contributed by atoms with Gasteiger partial charge in [-0.25, -0.2) is 4.68 Å². The normalized spacial score (nSPS) is 19.1. The maximum atomic E-state index is 12.1. The summed E-state index contributed by atoms with van der Waals surface area (Å²) >= 11 is 0. The molecule has 1 atom stereocenters. The van der Waals surface area contributed by atoms with E-state index in [-0.39, 0.29) is 11.8 Å². The fraction of sp³-hybridized carbons (Fsp3) is 0.357. The molecule has 0 bridgehead atoms. The van der Waals surface area contributed by atoms with Gasteiger partial charge in [-0.15, -0.1) is 10.2 Å². The first kappa shape index (κ1) is 12.8. The van der Waals surface area contributed by atoms with E-state index < -0.39 is 0 Å². The Bertz CT molecular complexity index is 554. The number of aromatic nitrogens is 3. The van der Waals surface area contributed by atoms with Crippen LogP contribution >= 0.6 is 0 Å². The van der Waals surface area contributed by atoms with Crippen LogP contribution in [0.3, 0.4) is 0 Å². The van der Waals surface area contributed by atoms with E-state index in [9.17, 15) is 4.79 Å². The number of benzene rings is 1. The number of nitrogens with one attached hydrogen (secondary N) is 1. The SMILES string of the molecule is O=C(Nn1cnnc1)C1CCN(Cc2ccccc2)C1. The molecule has 1 unspecified atom stereocenters. The minimum Gasteiger partial charge on any atom is -0.298 e. The lowest BCUT2D eigenvalue weighted by Crippen LogP contribution is -2.31. The summed E-state index contributed by atoms with van der Waals surface area (Å²) in [7, 11) is 0. The van der Waals surface area contributed by atoms with Crippen LogP contribution < -0.4 is 5.43 Å². The quantitative estimate of drug-likeness (QED) is 0.896. The van der Waals surface area contributed by atoms with Gasteiger partial charge in [-0.1, -0.05) is 30.3 Å². The van der Waals surface area contributed by atoms with Gasteiger partial charge < -0.3 is 0 Å². The standard InChI is InChI=1S/C14H17N5O/c20-14(17-19-10-15-16-11-19)13-6-7-18(9-13)8-12-4-2-1-3-5-12/h1-5,10-11,13H,6-9H2,(H,17,20). The van der Waals surface area contributed by atoms with Crippen molar-refractivity contribution in [3.63, 3.8) is 0 Å². The van der Waals surface area contributed by atoms with Gasteiger partial charge in [-0.2, -0.15) is 0 Å². The molecule has 1 aromatic heterocycles. The van der Waals surface area contributed by atoms with Crippen LogP contribution in [0.2, 0.25) is 0 Å². The zero-order chi connectivity index (χ0) is 13.8. The Morgan fingerprint density at radius 2 is 2.00 bits per heavy atom. The molecule has 1 N–H and O–H groups in total. The summed E-state index contributed by atoms with van der Waals surface area (Å²) in [4.78, 5) is 14.4. The fourth-order valence-electron chi connectivity index (χ4n) is 2.51. The van der Waals surface area contributed by atoms with Gasteiger partial charge in [0.25, 0.3) is 0 Å². The molecule has 0 radical (unpaired) electrons. The van der Waals surface area contributed by atoms with Gasteiger partial charge in [0, 0.05) is 13.1 Å². The Kier molecular flexibility index (Phi) is 3.73. The van der Waals surface area contributed by atoms with Crippen LogP contribution in [0, 0.1) is 5.92 Å².